The highest BCUT2D eigenvalue weighted by Crippen LogP contribution is 2.45. The predicted molar refractivity (Wildman–Crippen MR) is 184 cm³/mol. The average Bonchev–Trinajstić information content (AvgIpc) is 2.99. The van der Waals surface area contributed by atoms with Crippen molar-refractivity contribution in [3.63, 3.8) is 0 Å². The number of nitrogens with one attached hydrogen (secondary N) is 2. The highest BCUT2D eigenvalue weighted by Gasteiger charge is 2.57. The topological polar surface area (TPSA) is 159 Å². The van der Waals surface area contributed by atoms with Gasteiger partial charge in [0.05, 0.1) is 44.0 Å². The zero-order chi connectivity index (χ0) is 46.0. The second-order valence-electron chi connectivity index (χ2n) is 14.5. The van der Waals surface area contributed by atoms with Crippen molar-refractivity contribution in [3.05, 3.63) is 5.21 Å². The van der Waals surface area contributed by atoms with E-state index in [1.807, 2.05) is 19.0 Å². The molecule has 0 aromatic rings. The van der Waals surface area contributed by atoms with Crippen LogP contribution in [0.1, 0.15) is 78.1 Å². The molecule has 0 aliphatic rings. The van der Waals surface area contributed by atoms with E-state index < -0.39 is 110 Å². The van der Waals surface area contributed by atoms with Gasteiger partial charge in [-0.2, -0.15) is 52.7 Å². The van der Waals surface area contributed by atoms with Crippen LogP contribution in [0, 0.1) is 17.0 Å². The maximum Gasteiger partial charge on any atom is 0.422 e. The Morgan fingerprint density at radius 1 is 0.596 bits per heavy atom. The number of alkyl halides is 14. The largest absolute Gasteiger partial charge is 0.633 e. The first-order chi connectivity index (χ1) is 25.2. The van der Waals surface area contributed by atoms with Crippen molar-refractivity contribution < 1.29 is 93.5 Å². The summed E-state index contributed by atoms with van der Waals surface area (Å²) in [6, 6.07) is 0. The van der Waals surface area contributed by atoms with Crippen molar-refractivity contribution in [2.24, 2.45) is 11.8 Å². The minimum Gasteiger partial charge on any atom is -0.633 e. The second kappa shape index (κ2) is 24.8. The normalized spacial score (nSPS) is 16.8. The van der Waals surface area contributed by atoms with Crippen LogP contribution < -0.4 is 9.44 Å². The van der Waals surface area contributed by atoms with E-state index >= 15 is 0 Å². The molecule has 0 bridgehead atoms. The van der Waals surface area contributed by atoms with Crippen LogP contribution in [0.2, 0.25) is 0 Å². The summed E-state index contributed by atoms with van der Waals surface area (Å²) in [4.78, 5) is 1.85. The van der Waals surface area contributed by atoms with Crippen molar-refractivity contribution in [2.75, 3.05) is 65.9 Å². The summed E-state index contributed by atoms with van der Waals surface area (Å²) in [6.07, 6.45) is -26.1. The number of hydrogen-bond donors (Lipinski definition) is 4. The minimum atomic E-state index is -5.43. The summed E-state index contributed by atoms with van der Waals surface area (Å²) in [5, 5.41) is 23.3. The molecule has 4 atom stereocenters. The van der Waals surface area contributed by atoms with E-state index in [4.69, 9.17) is 10.5 Å². The van der Waals surface area contributed by atoms with Gasteiger partial charge in [0.1, 0.15) is 0 Å². The zero-order valence-electron chi connectivity index (χ0n) is 32.4. The van der Waals surface area contributed by atoms with Crippen molar-refractivity contribution in [3.8, 4) is 0 Å². The fraction of sp³-hybridized carbons (Fsp3) is 1.00. The van der Waals surface area contributed by atoms with E-state index in [2.05, 4.69) is 9.44 Å². The van der Waals surface area contributed by atoms with Crippen LogP contribution in [-0.2, 0) is 20.0 Å². The van der Waals surface area contributed by atoms with Crippen LogP contribution >= 0.6 is 0 Å². The molecule has 0 rings (SSSR count). The molecule has 0 aromatic heterocycles. The lowest BCUT2D eigenvalue weighted by Crippen LogP contribution is -2.42. The Hall–Kier alpha value is -1.36. The van der Waals surface area contributed by atoms with Crippen molar-refractivity contribution in [2.45, 2.75) is 114 Å². The van der Waals surface area contributed by atoms with Gasteiger partial charge in [0.15, 0.2) is 0 Å². The van der Waals surface area contributed by atoms with E-state index in [0.717, 1.165) is 0 Å². The van der Waals surface area contributed by atoms with Gasteiger partial charge in [-0.3, -0.25) is 10.5 Å². The standard InChI is InChI=1S/C15H27F7N2O3S.C15H27F7N2O2S.H2O2/c1-13(16,15(20,21)22)11-12(14(17,18)19)7-4-5-10-28(26,27)23-8-6-9-24(2,3)25;1-13(16,15(20,21)22)11-12(14(17,18)19)7-4-5-10-27(25,26)23-8-6-9-24(2)3;1-2/h12,23H,4-11H2,1-3H3;12,23H,4-11H2,1-3H3;1-2H. The lowest BCUT2D eigenvalue weighted by molar-refractivity contribution is -0.840. The number of sulfonamides is 2. The van der Waals surface area contributed by atoms with Crippen LogP contribution in [0.15, 0.2) is 0 Å². The molecule has 0 saturated carbocycles. The first kappa shape index (κ1) is 59.9. The number of hydrogen-bond acceptors (Lipinski definition) is 8. The molecule has 57 heavy (non-hydrogen) atoms. The molecule has 4 unspecified atom stereocenters. The smallest absolute Gasteiger partial charge is 0.422 e. The third-order valence-electron chi connectivity index (χ3n) is 8.10. The van der Waals surface area contributed by atoms with Gasteiger partial charge in [0, 0.05) is 32.4 Å². The number of rotatable bonds is 24. The molecule has 0 saturated heterocycles. The van der Waals surface area contributed by atoms with Crippen molar-refractivity contribution in [1.29, 1.82) is 0 Å². The molecule has 0 aromatic carbocycles. The van der Waals surface area contributed by atoms with E-state index in [-0.39, 0.29) is 65.6 Å². The fourth-order valence-corrected chi connectivity index (χ4v) is 7.11. The molecule has 27 heteroatoms. The van der Waals surface area contributed by atoms with Gasteiger partial charge in [-0.05, 0) is 66.6 Å². The molecular formula is C30H56F14N4O7S2. The monoisotopic (exact) mass is 914 g/mol. The van der Waals surface area contributed by atoms with E-state index in [1.54, 1.807) is 0 Å². The van der Waals surface area contributed by atoms with Gasteiger partial charge in [-0.25, -0.2) is 35.1 Å². The summed E-state index contributed by atoms with van der Waals surface area (Å²) < 4.78 is 230. The molecular weight excluding hydrogens is 858 g/mol. The SMILES string of the molecule is CC(F)(CC(CCCCS(=O)(=O)NCCC[N+](C)(C)[O-])C(F)(F)F)C(F)(F)F.CN(C)CCCNS(=O)(=O)CCCCC(CC(C)(F)C(F)(F)F)C(F)(F)F.OO. The number of nitrogens with zero attached hydrogens (tertiary/aromatic N) is 2. The lowest BCUT2D eigenvalue weighted by atomic mass is 9.88. The number of hydroxylamine groups is 3. The molecule has 4 N–H and O–H groups in total. The molecule has 348 valence electrons. The van der Waals surface area contributed by atoms with Gasteiger partial charge in [-0.1, -0.05) is 12.8 Å². The van der Waals surface area contributed by atoms with Crippen LogP contribution in [0.5, 0.6) is 0 Å². The van der Waals surface area contributed by atoms with Gasteiger partial charge in [-0.15, -0.1) is 0 Å². The van der Waals surface area contributed by atoms with E-state index in [9.17, 15) is 83.5 Å². The Bertz CT molecular complexity index is 1310. The quantitative estimate of drug-likeness (QED) is 0.0251. The summed E-state index contributed by atoms with van der Waals surface area (Å²) in [5.41, 5.74) is -7.96. The third kappa shape index (κ3) is 29.5. The number of halogens is 14. The Morgan fingerprint density at radius 2 is 0.912 bits per heavy atom. The van der Waals surface area contributed by atoms with Crippen LogP contribution in [0.4, 0.5) is 61.5 Å². The third-order valence-corrected chi connectivity index (χ3v) is 11.0. The maximum absolute atomic E-state index is 13.6. The fourth-order valence-electron chi connectivity index (χ4n) is 4.74. The van der Waals surface area contributed by atoms with Gasteiger partial charge in [0.2, 0.25) is 31.4 Å². The van der Waals surface area contributed by atoms with E-state index in [0.29, 0.717) is 13.0 Å². The van der Waals surface area contributed by atoms with Crippen molar-refractivity contribution in [1.82, 2.24) is 14.3 Å². The molecule has 0 spiro atoms. The summed E-state index contributed by atoms with van der Waals surface area (Å²) in [6.45, 7) is 1.12. The number of unbranched alkanes of at least 4 members (excludes halogenated alkanes) is 2. The minimum absolute atomic E-state index is 0.0107. The molecule has 0 radical (unpaired) electrons. The molecule has 0 heterocycles. The lowest BCUT2D eigenvalue weighted by Gasteiger charge is -2.33. The molecule has 11 nitrogen and oxygen atoms in total. The van der Waals surface area contributed by atoms with Gasteiger partial charge in [0.25, 0.3) is 0 Å². The Labute approximate surface area is 324 Å². The second-order valence-corrected chi connectivity index (χ2v) is 18.4. The van der Waals surface area contributed by atoms with Crippen LogP contribution in [-0.4, -0.2) is 139 Å². The number of quaternary nitrogens is 1. The van der Waals surface area contributed by atoms with Gasteiger partial charge < -0.3 is 14.8 Å². The summed E-state index contributed by atoms with van der Waals surface area (Å²) in [7, 11) is -1.07. The van der Waals surface area contributed by atoms with Gasteiger partial charge >= 0.3 is 24.7 Å². The van der Waals surface area contributed by atoms with E-state index in [1.165, 1.54) is 14.1 Å². The average molecular weight is 915 g/mol. The highest BCUT2D eigenvalue weighted by atomic mass is 32.2. The summed E-state index contributed by atoms with van der Waals surface area (Å²) in [5.74, 6) is -5.98. The summed E-state index contributed by atoms with van der Waals surface area (Å²) >= 11 is 0. The molecule has 0 fully saturated rings. The highest BCUT2D eigenvalue weighted by molar-refractivity contribution is 7.89. The predicted octanol–water partition coefficient (Wildman–Crippen LogP) is 7.80. The van der Waals surface area contributed by atoms with Crippen LogP contribution in [0.3, 0.4) is 0 Å². The maximum atomic E-state index is 13.6. The molecule has 0 aliphatic heterocycles. The Balaban J connectivity index is -0.000000981. The first-order valence-electron chi connectivity index (χ1n) is 17.2. The van der Waals surface area contributed by atoms with Crippen molar-refractivity contribution >= 4 is 20.0 Å². The zero-order valence-corrected chi connectivity index (χ0v) is 34.0. The Morgan fingerprint density at radius 3 is 1.18 bits per heavy atom. The molecule has 0 amide bonds. The van der Waals surface area contributed by atoms with Crippen LogP contribution in [0.25, 0.3) is 0 Å². The molecule has 0 aliphatic carbocycles. The Kier molecular flexibility index (Phi) is 26.1. The first-order valence-corrected chi connectivity index (χ1v) is 20.5.